The fourth-order valence-electron chi connectivity index (χ4n) is 3.18. The van der Waals surface area contributed by atoms with Gasteiger partial charge in [0.25, 0.3) is 0 Å². The van der Waals surface area contributed by atoms with Crippen molar-refractivity contribution in [3.63, 3.8) is 0 Å². The van der Waals surface area contributed by atoms with E-state index in [1.807, 2.05) is 7.05 Å². The zero-order valence-corrected chi connectivity index (χ0v) is 14.9. The molecular weight excluding hydrogens is 300 g/mol. The molecule has 0 saturated carbocycles. The molecule has 0 atom stereocenters. The Hall–Kier alpha value is -2.04. The lowest BCUT2D eigenvalue weighted by Gasteiger charge is -2.34. The predicted molar refractivity (Wildman–Crippen MR) is 99.1 cm³/mol. The predicted octanol–water partition coefficient (Wildman–Crippen LogP) is 2.04. The van der Waals surface area contributed by atoms with Gasteiger partial charge in [0.15, 0.2) is 5.96 Å². The van der Waals surface area contributed by atoms with Gasteiger partial charge in [-0.15, -0.1) is 0 Å². The third-order valence-electron chi connectivity index (χ3n) is 4.65. The van der Waals surface area contributed by atoms with Crippen molar-refractivity contribution in [2.24, 2.45) is 10.9 Å². The van der Waals surface area contributed by atoms with Crippen LogP contribution in [0.5, 0.6) is 0 Å². The Labute approximate surface area is 145 Å². The van der Waals surface area contributed by atoms with E-state index in [1.54, 1.807) is 7.05 Å². The van der Waals surface area contributed by atoms with E-state index in [2.05, 4.69) is 50.9 Å². The Morgan fingerprint density at radius 1 is 1.25 bits per heavy atom. The number of aliphatic imine (C=N–C) groups is 1. The summed E-state index contributed by atoms with van der Waals surface area (Å²) in [6, 6.07) is 10.6. The van der Waals surface area contributed by atoms with Crippen molar-refractivity contribution in [2.75, 3.05) is 33.7 Å². The Kier molecular flexibility index (Phi) is 7.59. The average Bonchev–Trinajstić information content (AvgIpc) is 2.63. The van der Waals surface area contributed by atoms with Crippen molar-refractivity contribution in [1.82, 2.24) is 15.5 Å². The first kappa shape index (κ1) is 18.3. The van der Waals surface area contributed by atoms with Crippen LogP contribution in [0.1, 0.15) is 31.2 Å². The van der Waals surface area contributed by atoms with E-state index >= 15 is 0 Å². The van der Waals surface area contributed by atoms with E-state index in [1.165, 1.54) is 5.56 Å². The number of benzene rings is 1. The van der Waals surface area contributed by atoms with Crippen molar-refractivity contribution in [3.05, 3.63) is 35.9 Å². The van der Waals surface area contributed by atoms with E-state index in [4.69, 9.17) is 0 Å². The number of carbonyl (C=O) groups excluding carboxylic acids is 1. The maximum Gasteiger partial charge on any atom is 0.220 e. The number of hydrogen-bond donors (Lipinski definition) is 2. The molecule has 1 heterocycles. The number of likely N-dealkylation sites (tertiary alicyclic amines) is 1. The molecule has 0 aromatic heterocycles. The maximum absolute atomic E-state index is 11.5. The van der Waals surface area contributed by atoms with Gasteiger partial charge in [0.1, 0.15) is 0 Å². The normalized spacial score (nSPS) is 16.1. The molecule has 1 aromatic carbocycles. The Balaban J connectivity index is 1.68. The fraction of sp³-hybridized carbons (Fsp3) is 0.579. The molecule has 132 valence electrons. The molecule has 0 aliphatic carbocycles. The number of carbonyl (C=O) groups is 1. The average molecular weight is 330 g/mol. The van der Waals surface area contributed by atoms with Crippen LogP contribution in [0.4, 0.5) is 0 Å². The molecule has 0 spiro atoms. The van der Waals surface area contributed by atoms with Crippen molar-refractivity contribution >= 4 is 11.9 Å². The summed E-state index contributed by atoms with van der Waals surface area (Å²) in [5.74, 6) is 1.63. The van der Waals surface area contributed by atoms with Gasteiger partial charge < -0.3 is 15.5 Å². The molecule has 1 amide bonds. The summed E-state index contributed by atoms with van der Waals surface area (Å²) < 4.78 is 0. The monoisotopic (exact) mass is 330 g/mol. The first-order chi connectivity index (χ1) is 11.7. The molecule has 1 aromatic rings. The van der Waals surface area contributed by atoms with Crippen LogP contribution in [0.2, 0.25) is 0 Å². The molecule has 1 saturated heterocycles. The minimum absolute atomic E-state index is 0.150. The number of nitrogens with one attached hydrogen (secondary N) is 2. The number of nitrogens with zero attached hydrogens (tertiary/aromatic N) is 2. The summed E-state index contributed by atoms with van der Waals surface area (Å²) in [6.45, 7) is 2.87. The SMILES string of the molecule is CN=C(NCCCc1ccccc1)N1CCC(CC(=O)NC)CC1. The van der Waals surface area contributed by atoms with Crippen LogP contribution in [-0.2, 0) is 11.2 Å². The zero-order chi connectivity index (χ0) is 17.2. The minimum Gasteiger partial charge on any atom is -0.359 e. The van der Waals surface area contributed by atoms with Gasteiger partial charge >= 0.3 is 0 Å². The summed E-state index contributed by atoms with van der Waals surface area (Å²) in [6.07, 6.45) is 4.93. The number of guanidine groups is 1. The third kappa shape index (κ3) is 5.87. The van der Waals surface area contributed by atoms with Gasteiger partial charge in [-0.25, -0.2) is 0 Å². The second-order valence-corrected chi connectivity index (χ2v) is 6.37. The highest BCUT2D eigenvalue weighted by molar-refractivity contribution is 5.80. The van der Waals surface area contributed by atoms with E-state index in [0.29, 0.717) is 12.3 Å². The lowest BCUT2D eigenvalue weighted by Crippen LogP contribution is -2.46. The fourth-order valence-corrected chi connectivity index (χ4v) is 3.18. The van der Waals surface area contributed by atoms with Gasteiger partial charge in [0, 0.05) is 40.2 Å². The van der Waals surface area contributed by atoms with Crippen LogP contribution in [-0.4, -0.2) is 50.5 Å². The van der Waals surface area contributed by atoms with Crippen LogP contribution in [0.15, 0.2) is 35.3 Å². The summed E-state index contributed by atoms with van der Waals surface area (Å²) >= 11 is 0. The molecule has 1 fully saturated rings. The van der Waals surface area contributed by atoms with Crippen molar-refractivity contribution < 1.29 is 4.79 Å². The Morgan fingerprint density at radius 2 is 1.96 bits per heavy atom. The lowest BCUT2D eigenvalue weighted by atomic mass is 9.93. The first-order valence-electron chi connectivity index (χ1n) is 8.93. The molecule has 24 heavy (non-hydrogen) atoms. The van der Waals surface area contributed by atoms with Gasteiger partial charge in [-0.2, -0.15) is 0 Å². The van der Waals surface area contributed by atoms with Gasteiger partial charge in [-0.3, -0.25) is 9.79 Å². The maximum atomic E-state index is 11.5. The second-order valence-electron chi connectivity index (χ2n) is 6.37. The third-order valence-corrected chi connectivity index (χ3v) is 4.65. The van der Waals surface area contributed by atoms with Crippen LogP contribution < -0.4 is 10.6 Å². The second kappa shape index (κ2) is 9.96. The molecule has 5 nitrogen and oxygen atoms in total. The molecule has 0 bridgehead atoms. The Morgan fingerprint density at radius 3 is 2.58 bits per heavy atom. The van der Waals surface area contributed by atoms with Gasteiger partial charge in [0.05, 0.1) is 0 Å². The molecule has 1 aliphatic heterocycles. The number of hydrogen-bond acceptors (Lipinski definition) is 2. The molecule has 5 heteroatoms. The standard InChI is InChI=1S/C19H30N4O/c1-20-18(24)15-17-10-13-23(14-11-17)19(21-2)22-12-6-9-16-7-4-3-5-8-16/h3-5,7-8,17H,6,9-15H2,1-2H3,(H,20,24)(H,21,22). The molecular formula is C19H30N4O. The van der Waals surface area contributed by atoms with E-state index < -0.39 is 0 Å². The molecule has 2 rings (SSSR count). The van der Waals surface area contributed by atoms with E-state index in [-0.39, 0.29) is 5.91 Å². The summed E-state index contributed by atoms with van der Waals surface area (Å²) in [4.78, 5) is 18.2. The number of amides is 1. The smallest absolute Gasteiger partial charge is 0.220 e. The number of piperidine rings is 1. The summed E-state index contributed by atoms with van der Waals surface area (Å²) in [5.41, 5.74) is 1.38. The van der Waals surface area contributed by atoms with Crippen LogP contribution in [0, 0.1) is 5.92 Å². The quantitative estimate of drug-likeness (QED) is 0.477. The van der Waals surface area contributed by atoms with Crippen LogP contribution in [0.3, 0.4) is 0 Å². The number of aryl methyl sites for hydroxylation is 1. The summed E-state index contributed by atoms with van der Waals surface area (Å²) in [5, 5.41) is 6.19. The molecule has 1 aliphatic rings. The highest BCUT2D eigenvalue weighted by Crippen LogP contribution is 2.20. The van der Waals surface area contributed by atoms with Gasteiger partial charge in [-0.1, -0.05) is 30.3 Å². The van der Waals surface area contributed by atoms with Gasteiger partial charge in [-0.05, 0) is 37.2 Å². The number of rotatable bonds is 6. The van der Waals surface area contributed by atoms with Crippen molar-refractivity contribution in [1.29, 1.82) is 0 Å². The first-order valence-corrected chi connectivity index (χ1v) is 8.93. The van der Waals surface area contributed by atoms with E-state index in [0.717, 1.165) is 51.3 Å². The molecule has 0 radical (unpaired) electrons. The molecule has 2 N–H and O–H groups in total. The van der Waals surface area contributed by atoms with E-state index in [9.17, 15) is 4.79 Å². The van der Waals surface area contributed by atoms with Crippen molar-refractivity contribution in [2.45, 2.75) is 32.1 Å². The Bertz CT molecular complexity index is 521. The lowest BCUT2D eigenvalue weighted by molar-refractivity contribution is -0.121. The summed E-state index contributed by atoms with van der Waals surface area (Å²) in [7, 11) is 3.55. The highest BCUT2D eigenvalue weighted by atomic mass is 16.1. The van der Waals surface area contributed by atoms with Crippen LogP contribution in [0.25, 0.3) is 0 Å². The zero-order valence-electron chi connectivity index (χ0n) is 14.9. The topological polar surface area (TPSA) is 56.7 Å². The largest absolute Gasteiger partial charge is 0.359 e. The van der Waals surface area contributed by atoms with Gasteiger partial charge in [0.2, 0.25) is 5.91 Å². The highest BCUT2D eigenvalue weighted by Gasteiger charge is 2.22. The minimum atomic E-state index is 0.150. The molecule has 0 unspecified atom stereocenters. The van der Waals surface area contributed by atoms with Crippen molar-refractivity contribution in [3.8, 4) is 0 Å². The van der Waals surface area contributed by atoms with Crippen LogP contribution >= 0.6 is 0 Å².